The van der Waals surface area contributed by atoms with Crippen LogP contribution in [0.15, 0.2) is 18.2 Å². The molecule has 0 spiro atoms. The molecule has 0 saturated carbocycles. The van der Waals surface area contributed by atoms with Crippen LogP contribution in [0.25, 0.3) is 6.08 Å². The first-order chi connectivity index (χ1) is 12.0. The zero-order chi connectivity index (χ0) is 18.4. The van der Waals surface area contributed by atoms with E-state index in [0.717, 1.165) is 5.56 Å². The highest BCUT2D eigenvalue weighted by molar-refractivity contribution is 5.92. The number of hydrogen-bond donors (Lipinski definition) is 1. The summed E-state index contributed by atoms with van der Waals surface area (Å²) in [5.41, 5.74) is 0.717. The fourth-order valence-electron chi connectivity index (χ4n) is 2.85. The number of carboxylic acids is 1. The number of methoxy groups -OCH3 is 3. The third-order valence-electron chi connectivity index (χ3n) is 4.19. The molecule has 1 saturated heterocycles. The number of rotatable bonds is 6. The summed E-state index contributed by atoms with van der Waals surface area (Å²) in [6, 6.07) is 3.47. The van der Waals surface area contributed by atoms with Crippen LogP contribution in [0.2, 0.25) is 0 Å². The first-order valence-corrected chi connectivity index (χ1v) is 8.00. The summed E-state index contributed by atoms with van der Waals surface area (Å²) in [4.78, 5) is 25.0. The van der Waals surface area contributed by atoms with Gasteiger partial charge in [-0.3, -0.25) is 9.59 Å². The normalized spacial score (nSPS) is 17.4. The Morgan fingerprint density at radius 3 is 2.32 bits per heavy atom. The second-order valence-electron chi connectivity index (χ2n) is 5.75. The summed E-state index contributed by atoms with van der Waals surface area (Å²) in [5, 5.41) is 9.11. The molecule has 136 valence electrons. The molecule has 1 amide bonds. The molecule has 7 nitrogen and oxygen atoms in total. The minimum absolute atomic E-state index is 0.209. The van der Waals surface area contributed by atoms with E-state index in [9.17, 15) is 9.59 Å². The highest BCUT2D eigenvalue weighted by atomic mass is 16.5. The van der Waals surface area contributed by atoms with E-state index in [0.29, 0.717) is 36.6 Å². The minimum Gasteiger partial charge on any atom is -0.493 e. The van der Waals surface area contributed by atoms with Crippen molar-refractivity contribution in [3.05, 3.63) is 23.8 Å². The second kappa shape index (κ2) is 8.41. The number of hydrogen-bond acceptors (Lipinski definition) is 5. The molecule has 2 rings (SSSR count). The van der Waals surface area contributed by atoms with Crippen molar-refractivity contribution < 1.29 is 28.9 Å². The molecule has 25 heavy (non-hydrogen) atoms. The molecule has 7 heteroatoms. The van der Waals surface area contributed by atoms with Gasteiger partial charge in [-0.25, -0.2) is 0 Å². The van der Waals surface area contributed by atoms with Gasteiger partial charge in [0.05, 0.1) is 27.2 Å². The molecule has 1 fully saturated rings. The Labute approximate surface area is 146 Å². The number of benzene rings is 1. The van der Waals surface area contributed by atoms with Crippen LogP contribution in [0.4, 0.5) is 0 Å². The molecular formula is C18H23NO6. The predicted molar refractivity (Wildman–Crippen MR) is 92.1 cm³/mol. The molecule has 1 heterocycles. The summed E-state index contributed by atoms with van der Waals surface area (Å²) < 4.78 is 15.8. The van der Waals surface area contributed by atoms with Gasteiger partial charge >= 0.3 is 5.97 Å². The number of amides is 1. The van der Waals surface area contributed by atoms with Crippen LogP contribution in [0.5, 0.6) is 17.2 Å². The second-order valence-corrected chi connectivity index (χ2v) is 5.75. The molecule has 1 aliphatic heterocycles. The maximum atomic E-state index is 12.3. The Morgan fingerprint density at radius 1 is 1.16 bits per heavy atom. The Bertz CT molecular complexity index is 645. The summed E-state index contributed by atoms with van der Waals surface area (Å²) in [6.07, 6.45) is 4.39. The van der Waals surface area contributed by atoms with Crippen LogP contribution in [-0.2, 0) is 9.59 Å². The molecule has 1 N–H and O–H groups in total. The molecular weight excluding hydrogens is 326 g/mol. The lowest BCUT2D eigenvalue weighted by molar-refractivity contribution is -0.144. The molecule has 0 aromatic heterocycles. The first-order valence-electron chi connectivity index (χ1n) is 8.00. The van der Waals surface area contributed by atoms with Gasteiger partial charge in [0.2, 0.25) is 11.7 Å². The van der Waals surface area contributed by atoms with Gasteiger partial charge in [-0.1, -0.05) is 0 Å². The van der Waals surface area contributed by atoms with Crippen LogP contribution in [0, 0.1) is 5.92 Å². The molecule has 1 aromatic carbocycles. The van der Waals surface area contributed by atoms with E-state index in [2.05, 4.69) is 0 Å². The molecule has 0 bridgehead atoms. The Hall–Kier alpha value is -2.70. The summed E-state index contributed by atoms with van der Waals surface area (Å²) in [6.45, 7) is 0.815. The van der Waals surface area contributed by atoms with Crippen LogP contribution in [-0.4, -0.2) is 56.3 Å². The number of carbonyl (C=O) groups is 2. The van der Waals surface area contributed by atoms with Crippen molar-refractivity contribution in [2.24, 2.45) is 5.92 Å². The van der Waals surface area contributed by atoms with E-state index in [4.69, 9.17) is 19.3 Å². The number of ether oxygens (including phenoxy) is 3. The van der Waals surface area contributed by atoms with Gasteiger partial charge in [-0.05, 0) is 36.6 Å². The van der Waals surface area contributed by atoms with Gasteiger partial charge in [0.1, 0.15) is 0 Å². The van der Waals surface area contributed by atoms with Crippen molar-refractivity contribution in [2.45, 2.75) is 12.8 Å². The van der Waals surface area contributed by atoms with Gasteiger partial charge in [0.15, 0.2) is 11.5 Å². The van der Waals surface area contributed by atoms with E-state index >= 15 is 0 Å². The Morgan fingerprint density at radius 2 is 1.80 bits per heavy atom. The fraction of sp³-hybridized carbons (Fsp3) is 0.444. The van der Waals surface area contributed by atoms with Crippen LogP contribution in [0.3, 0.4) is 0 Å². The fourth-order valence-corrected chi connectivity index (χ4v) is 2.85. The van der Waals surface area contributed by atoms with E-state index in [1.807, 2.05) is 0 Å². The monoisotopic (exact) mass is 349 g/mol. The lowest BCUT2D eigenvalue weighted by Crippen LogP contribution is -2.41. The van der Waals surface area contributed by atoms with E-state index in [-0.39, 0.29) is 12.5 Å². The number of carboxylic acid groups (broad SMARTS) is 1. The van der Waals surface area contributed by atoms with E-state index < -0.39 is 11.9 Å². The maximum absolute atomic E-state index is 12.3. The highest BCUT2D eigenvalue weighted by Gasteiger charge is 2.27. The minimum atomic E-state index is -0.855. The van der Waals surface area contributed by atoms with Gasteiger partial charge in [-0.15, -0.1) is 0 Å². The molecule has 1 aromatic rings. The van der Waals surface area contributed by atoms with Crippen molar-refractivity contribution in [2.75, 3.05) is 34.4 Å². The standard InChI is InChI=1S/C18H23NO6/c1-23-14-9-12(10-15(24-2)17(14)25-3)6-7-16(20)19-8-4-5-13(11-19)18(21)22/h6-7,9-10,13H,4-5,8,11H2,1-3H3,(H,21,22)/b7-6+/t13-/m0/s1. The quantitative estimate of drug-likeness (QED) is 0.791. The number of carbonyl (C=O) groups excluding carboxylic acids is 1. The molecule has 1 atom stereocenters. The summed E-state index contributed by atoms with van der Waals surface area (Å²) >= 11 is 0. The van der Waals surface area contributed by atoms with Gasteiger partial charge in [-0.2, -0.15) is 0 Å². The average molecular weight is 349 g/mol. The summed E-state index contributed by atoms with van der Waals surface area (Å²) in [7, 11) is 4.57. The number of nitrogens with zero attached hydrogens (tertiary/aromatic N) is 1. The smallest absolute Gasteiger partial charge is 0.308 e. The summed E-state index contributed by atoms with van der Waals surface area (Å²) in [5.74, 6) is -0.0809. The topological polar surface area (TPSA) is 85.3 Å². The largest absolute Gasteiger partial charge is 0.493 e. The van der Waals surface area contributed by atoms with Crippen molar-refractivity contribution in [3.8, 4) is 17.2 Å². The number of likely N-dealkylation sites (tertiary alicyclic amines) is 1. The molecule has 0 radical (unpaired) electrons. The Kier molecular flexibility index (Phi) is 6.27. The number of piperidine rings is 1. The van der Waals surface area contributed by atoms with E-state index in [1.165, 1.54) is 27.4 Å². The lowest BCUT2D eigenvalue weighted by Gasteiger charge is -2.29. The van der Waals surface area contributed by atoms with Crippen molar-refractivity contribution in [1.29, 1.82) is 0 Å². The molecule has 0 unspecified atom stereocenters. The van der Waals surface area contributed by atoms with Crippen molar-refractivity contribution >= 4 is 18.0 Å². The highest BCUT2D eigenvalue weighted by Crippen LogP contribution is 2.38. The third-order valence-corrected chi connectivity index (χ3v) is 4.19. The van der Waals surface area contributed by atoms with Crippen molar-refractivity contribution in [1.82, 2.24) is 4.90 Å². The van der Waals surface area contributed by atoms with Gasteiger partial charge in [0, 0.05) is 19.2 Å². The SMILES string of the molecule is COc1cc(/C=C/C(=O)N2CCC[C@H](C(=O)O)C2)cc(OC)c1OC. The zero-order valence-electron chi connectivity index (χ0n) is 14.7. The van der Waals surface area contributed by atoms with E-state index in [1.54, 1.807) is 23.1 Å². The first kappa shape index (κ1) is 18.6. The zero-order valence-corrected chi connectivity index (χ0v) is 14.7. The Balaban J connectivity index is 2.15. The average Bonchev–Trinajstić information content (AvgIpc) is 2.64. The maximum Gasteiger partial charge on any atom is 0.308 e. The van der Waals surface area contributed by atoms with Gasteiger partial charge < -0.3 is 24.2 Å². The number of aliphatic carboxylic acids is 1. The van der Waals surface area contributed by atoms with Crippen molar-refractivity contribution in [3.63, 3.8) is 0 Å². The third kappa shape index (κ3) is 4.43. The lowest BCUT2D eigenvalue weighted by atomic mass is 9.98. The van der Waals surface area contributed by atoms with Crippen LogP contribution >= 0.6 is 0 Å². The van der Waals surface area contributed by atoms with Crippen LogP contribution in [0.1, 0.15) is 18.4 Å². The van der Waals surface area contributed by atoms with Gasteiger partial charge in [0.25, 0.3) is 0 Å². The molecule has 1 aliphatic rings. The van der Waals surface area contributed by atoms with Crippen LogP contribution < -0.4 is 14.2 Å². The molecule has 0 aliphatic carbocycles. The predicted octanol–water partition coefficient (Wildman–Crippen LogP) is 2.05.